The Morgan fingerprint density at radius 2 is 2.13 bits per heavy atom. The molecule has 0 bridgehead atoms. The Bertz CT molecular complexity index is 479. The first-order chi connectivity index (χ1) is 11.1. The molecule has 1 aromatic rings. The van der Waals surface area contributed by atoms with E-state index in [0.717, 1.165) is 44.9 Å². The minimum absolute atomic E-state index is 0.251. The molecule has 23 heavy (non-hydrogen) atoms. The van der Waals surface area contributed by atoms with Crippen molar-refractivity contribution >= 4 is 5.91 Å². The second kappa shape index (κ2) is 9.03. The largest absolute Gasteiger partial charge is 0.380 e. The molecule has 0 saturated carbocycles. The Morgan fingerprint density at radius 1 is 1.39 bits per heavy atom. The molecule has 2 heterocycles. The van der Waals surface area contributed by atoms with Crippen molar-refractivity contribution in [2.75, 3.05) is 40.4 Å². The second-order valence-corrected chi connectivity index (χ2v) is 6.31. The van der Waals surface area contributed by atoms with Crippen molar-refractivity contribution in [1.29, 1.82) is 0 Å². The van der Waals surface area contributed by atoms with E-state index in [1.165, 1.54) is 0 Å². The molecular formula is C17H30N4O2. The van der Waals surface area contributed by atoms with Crippen molar-refractivity contribution in [2.45, 2.75) is 45.2 Å². The van der Waals surface area contributed by atoms with Crippen molar-refractivity contribution in [1.82, 2.24) is 19.4 Å². The third-order valence-corrected chi connectivity index (χ3v) is 4.59. The number of imidazole rings is 1. The molecule has 1 saturated heterocycles. The highest BCUT2D eigenvalue weighted by molar-refractivity contribution is 5.76. The van der Waals surface area contributed by atoms with Gasteiger partial charge in [0.15, 0.2) is 0 Å². The monoisotopic (exact) mass is 322 g/mol. The van der Waals surface area contributed by atoms with Crippen LogP contribution < -0.4 is 0 Å². The van der Waals surface area contributed by atoms with Crippen LogP contribution in [0, 0.1) is 0 Å². The van der Waals surface area contributed by atoms with Crippen LogP contribution in [0.5, 0.6) is 0 Å². The number of hydrogen-bond acceptors (Lipinski definition) is 4. The molecule has 1 amide bonds. The van der Waals surface area contributed by atoms with E-state index in [-0.39, 0.29) is 5.91 Å². The molecule has 0 aliphatic carbocycles. The predicted octanol–water partition coefficient (Wildman–Crippen LogP) is 1.40. The van der Waals surface area contributed by atoms with Gasteiger partial charge in [0.25, 0.3) is 0 Å². The molecule has 6 heteroatoms. The van der Waals surface area contributed by atoms with Gasteiger partial charge in [-0.05, 0) is 33.9 Å². The SMILES string of the molecule is CCOCCn1ccnc1CCC(=O)N1CCC(N(C)C)CC1. The number of carbonyl (C=O) groups excluding carboxylic acids is 1. The molecule has 0 aromatic carbocycles. The van der Waals surface area contributed by atoms with Crippen molar-refractivity contribution in [3.05, 3.63) is 18.2 Å². The fraction of sp³-hybridized carbons (Fsp3) is 0.765. The van der Waals surface area contributed by atoms with E-state index in [4.69, 9.17) is 4.74 Å². The Morgan fingerprint density at radius 3 is 2.78 bits per heavy atom. The number of aromatic nitrogens is 2. The van der Waals surface area contributed by atoms with Gasteiger partial charge in [-0.3, -0.25) is 4.79 Å². The second-order valence-electron chi connectivity index (χ2n) is 6.31. The van der Waals surface area contributed by atoms with Crippen LogP contribution in [-0.4, -0.2) is 71.7 Å². The molecule has 0 unspecified atom stereocenters. The molecule has 0 atom stereocenters. The van der Waals surface area contributed by atoms with Gasteiger partial charge in [0.05, 0.1) is 6.61 Å². The summed E-state index contributed by atoms with van der Waals surface area (Å²) < 4.78 is 7.47. The average Bonchev–Trinajstić information content (AvgIpc) is 3.00. The molecule has 130 valence electrons. The zero-order valence-electron chi connectivity index (χ0n) is 14.7. The van der Waals surface area contributed by atoms with Crippen molar-refractivity contribution in [3.63, 3.8) is 0 Å². The summed E-state index contributed by atoms with van der Waals surface area (Å²) in [5.41, 5.74) is 0. The fourth-order valence-electron chi connectivity index (χ4n) is 3.09. The van der Waals surface area contributed by atoms with Crippen LogP contribution in [-0.2, 0) is 22.5 Å². The summed E-state index contributed by atoms with van der Waals surface area (Å²) in [7, 11) is 4.23. The molecule has 1 fully saturated rings. The van der Waals surface area contributed by atoms with E-state index in [1.54, 1.807) is 6.20 Å². The van der Waals surface area contributed by atoms with Crippen LogP contribution in [0.3, 0.4) is 0 Å². The smallest absolute Gasteiger partial charge is 0.223 e. The Hall–Kier alpha value is -1.40. The Kier molecular flexibility index (Phi) is 7.05. The van der Waals surface area contributed by atoms with Gasteiger partial charge in [-0.2, -0.15) is 0 Å². The minimum Gasteiger partial charge on any atom is -0.380 e. The van der Waals surface area contributed by atoms with Crippen LogP contribution in [0.2, 0.25) is 0 Å². The highest BCUT2D eigenvalue weighted by Crippen LogP contribution is 2.15. The summed E-state index contributed by atoms with van der Waals surface area (Å²) >= 11 is 0. The number of amides is 1. The zero-order valence-corrected chi connectivity index (χ0v) is 14.7. The fourth-order valence-corrected chi connectivity index (χ4v) is 3.09. The number of nitrogens with zero attached hydrogens (tertiary/aromatic N) is 4. The standard InChI is InChI=1S/C17H30N4O2/c1-4-23-14-13-20-12-9-18-16(20)5-6-17(22)21-10-7-15(8-11-21)19(2)3/h9,12,15H,4-8,10-11,13-14H2,1-3H3. The average molecular weight is 322 g/mol. The van der Waals surface area contributed by atoms with Crippen LogP contribution in [0.4, 0.5) is 0 Å². The third kappa shape index (κ3) is 5.32. The summed E-state index contributed by atoms with van der Waals surface area (Å²) in [6, 6.07) is 0.608. The van der Waals surface area contributed by atoms with Gasteiger partial charge in [-0.25, -0.2) is 4.98 Å². The molecule has 2 rings (SSSR count). The van der Waals surface area contributed by atoms with E-state index >= 15 is 0 Å². The maximum Gasteiger partial charge on any atom is 0.223 e. The number of hydrogen-bond donors (Lipinski definition) is 0. The number of piperidine rings is 1. The minimum atomic E-state index is 0.251. The van der Waals surface area contributed by atoms with Crippen molar-refractivity contribution in [3.8, 4) is 0 Å². The molecule has 0 N–H and O–H groups in total. The van der Waals surface area contributed by atoms with E-state index in [9.17, 15) is 4.79 Å². The summed E-state index contributed by atoms with van der Waals surface area (Å²) in [4.78, 5) is 21.0. The topological polar surface area (TPSA) is 50.6 Å². The predicted molar refractivity (Wildman–Crippen MR) is 90.3 cm³/mol. The molecule has 1 aliphatic heterocycles. The third-order valence-electron chi connectivity index (χ3n) is 4.59. The van der Waals surface area contributed by atoms with E-state index < -0.39 is 0 Å². The van der Waals surface area contributed by atoms with Gasteiger partial charge in [0.1, 0.15) is 5.82 Å². The van der Waals surface area contributed by atoms with Gasteiger partial charge in [-0.1, -0.05) is 0 Å². The molecule has 1 aromatic heterocycles. The van der Waals surface area contributed by atoms with Crippen LogP contribution in [0.25, 0.3) is 0 Å². The number of ether oxygens (including phenoxy) is 1. The first-order valence-corrected chi connectivity index (χ1v) is 8.63. The van der Waals surface area contributed by atoms with E-state index in [1.807, 2.05) is 18.0 Å². The number of likely N-dealkylation sites (tertiary alicyclic amines) is 1. The lowest BCUT2D eigenvalue weighted by atomic mass is 10.0. The highest BCUT2D eigenvalue weighted by atomic mass is 16.5. The van der Waals surface area contributed by atoms with Gasteiger partial charge in [0, 0.05) is 57.5 Å². The number of aryl methyl sites for hydroxylation is 1. The molecule has 6 nitrogen and oxygen atoms in total. The molecule has 0 spiro atoms. The van der Waals surface area contributed by atoms with Gasteiger partial charge < -0.3 is 19.1 Å². The number of carbonyl (C=O) groups is 1. The summed E-state index contributed by atoms with van der Waals surface area (Å²) in [6.07, 6.45) is 7.14. The molecule has 1 aliphatic rings. The Labute approximate surface area is 139 Å². The highest BCUT2D eigenvalue weighted by Gasteiger charge is 2.23. The quantitative estimate of drug-likeness (QED) is 0.679. The lowest BCUT2D eigenvalue weighted by Gasteiger charge is -2.35. The summed E-state index contributed by atoms with van der Waals surface area (Å²) in [5, 5.41) is 0. The van der Waals surface area contributed by atoms with Crippen LogP contribution in [0.1, 0.15) is 32.0 Å². The summed E-state index contributed by atoms with van der Waals surface area (Å²) in [6.45, 7) is 5.96. The van der Waals surface area contributed by atoms with Crippen LogP contribution in [0.15, 0.2) is 12.4 Å². The maximum absolute atomic E-state index is 12.4. The maximum atomic E-state index is 12.4. The lowest BCUT2D eigenvalue weighted by molar-refractivity contribution is -0.132. The molecule has 0 radical (unpaired) electrons. The molecular weight excluding hydrogens is 292 g/mol. The van der Waals surface area contributed by atoms with Gasteiger partial charge in [0.2, 0.25) is 5.91 Å². The number of rotatable bonds is 8. The van der Waals surface area contributed by atoms with Crippen LogP contribution >= 0.6 is 0 Å². The zero-order chi connectivity index (χ0) is 16.7. The summed E-state index contributed by atoms with van der Waals surface area (Å²) in [5.74, 6) is 1.22. The lowest BCUT2D eigenvalue weighted by Crippen LogP contribution is -2.44. The van der Waals surface area contributed by atoms with Gasteiger partial charge in [-0.15, -0.1) is 0 Å². The normalized spacial score (nSPS) is 16.3. The van der Waals surface area contributed by atoms with E-state index in [2.05, 4.69) is 28.5 Å². The first kappa shape index (κ1) is 17.9. The van der Waals surface area contributed by atoms with Crippen molar-refractivity contribution in [2.24, 2.45) is 0 Å². The first-order valence-electron chi connectivity index (χ1n) is 8.63. The Balaban J connectivity index is 1.76. The van der Waals surface area contributed by atoms with Gasteiger partial charge >= 0.3 is 0 Å². The van der Waals surface area contributed by atoms with E-state index in [0.29, 0.717) is 25.5 Å². The van der Waals surface area contributed by atoms with Crippen molar-refractivity contribution < 1.29 is 9.53 Å².